The maximum atomic E-state index is 13.2. The second kappa shape index (κ2) is 6.71. The van der Waals surface area contributed by atoms with E-state index < -0.39 is 17.9 Å². The Morgan fingerprint density at radius 3 is 1.72 bits per heavy atom. The van der Waals surface area contributed by atoms with Crippen molar-refractivity contribution in [2.45, 2.75) is 18.6 Å². The molecule has 0 radical (unpaired) electrons. The number of amides is 3. The predicted molar refractivity (Wildman–Crippen MR) is 107 cm³/mol. The van der Waals surface area contributed by atoms with Crippen molar-refractivity contribution in [2.24, 2.45) is 0 Å². The molecular formula is C24H18N2O3. The van der Waals surface area contributed by atoms with E-state index in [1.165, 1.54) is 0 Å². The maximum absolute atomic E-state index is 13.2. The molecular weight excluding hydrogens is 364 g/mol. The second-order valence-corrected chi connectivity index (χ2v) is 7.28. The van der Waals surface area contributed by atoms with Crippen molar-refractivity contribution in [3.8, 4) is 0 Å². The van der Waals surface area contributed by atoms with E-state index in [2.05, 4.69) is 0 Å². The number of rotatable bonds is 4. The van der Waals surface area contributed by atoms with Crippen molar-refractivity contribution in [1.29, 1.82) is 0 Å². The zero-order valence-electron chi connectivity index (χ0n) is 15.6. The number of fused-ring (bicyclic) bond motifs is 1. The standard InChI is InChI=1S/C24H18N2O3/c27-22-18-13-7-8-14-19(18)23(28)26(22)21-20(17-11-5-2-6-12-17)25(24(21)29)15-16-9-3-1-4-10-16/h1-14,20-21H,15H2/t20-,21-/m1/s1. The molecule has 0 bridgehead atoms. The van der Waals surface area contributed by atoms with Crippen molar-refractivity contribution in [2.75, 3.05) is 0 Å². The minimum atomic E-state index is -0.825. The summed E-state index contributed by atoms with van der Waals surface area (Å²) in [6, 6.07) is 24.8. The molecule has 2 heterocycles. The number of hydrogen-bond acceptors (Lipinski definition) is 3. The number of β-lactam (4-membered cyclic amide) rings is 1. The third-order valence-electron chi connectivity index (χ3n) is 5.61. The average molecular weight is 382 g/mol. The lowest BCUT2D eigenvalue weighted by Crippen LogP contribution is -2.66. The van der Waals surface area contributed by atoms with Crippen LogP contribution in [0.2, 0.25) is 0 Å². The van der Waals surface area contributed by atoms with Gasteiger partial charge in [0.2, 0.25) is 5.91 Å². The maximum Gasteiger partial charge on any atom is 0.262 e. The first kappa shape index (κ1) is 17.4. The van der Waals surface area contributed by atoms with E-state index in [4.69, 9.17) is 0 Å². The van der Waals surface area contributed by atoms with E-state index >= 15 is 0 Å². The molecule has 5 rings (SSSR count). The van der Waals surface area contributed by atoms with E-state index in [0.717, 1.165) is 16.0 Å². The summed E-state index contributed by atoms with van der Waals surface area (Å²) in [6.07, 6.45) is 0. The molecule has 0 spiro atoms. The molecule has 29 heavy (non-hydrogen) atoms. The summed E-state index contributed by atoms with van der Waals surface area (Å²) in [5.74, 6) is -1.01. The smallest absolute Gasteiger partial charge is 0.262 e. The van der Waals surface area contributed by atoms with E-state index in [1.807, 2.05) is 60.7 Å². The van der Waals surface area contributed by atoms with Gasteiger partial charge in [0.25, 0.3) is 11.8 Å². The summed E-state index contributed by atoms with van der Waals surface area (Å²) in [4.78, 5) is 42.0. The largest absolute Gasteiger partial charge is 0.327 e. The first-order valence-corrected chi connectivity index (χ1v) is 9.53. The zero-order chi connectivity index (χ0) is 20.0. The van der Waals surface area contributed by atoms with Crippen molar-refractivity contribution in [3.05, 3.63) is 107 Å². The highest BCUT2D eigenvalue weighted by Gasteiger charge is 2.56. The summed E-state index contributed by atoms with van der Waals surface area (Å²) in [7, 11) is 0. The monoisotopic (exact) mass is 382 g/mol. The molecule has 0 saturated carbocycles. The van der Waals surface area contributed by atoms with E-state index in [-0.39, 0.29) is 11.9 Å². The Morgan fingerprint density at radius 2 is 1.14 bits per heavy atom. The lowest BCUT2D eigenvalue weighted by molar-refractivity contribution is -0.157. The lowest BCUT2D eigenvalue weighted by atomic mass is 9.86. The van der Waals surface area contributed by atoms with Gasteiger partial charge in [0.1, 0.15) is 6.04 Å². The molecule has 2 aliphatic heterocycles. The van der Waals surface area contributed by atoms with Gasteiger partial charge in [-0.25, -0.2) is 0 Å². The van der Waals surface area contributed by atoms with Crippen LogP contribution in [0.15, 0.2) is 84.9 Å². The molecule has 5 heteroatoms. The van der Waals surface area contributed by atoms with Gasteiger partial charge in [-0.05, 0) is 23.3 Å². The van der Waals surface area contributed by atoms with Gasteiger partial charge in [-0.1, -0.05) is 72.8 Å². The molecule has 5 nitrogen and oxygen atoms in total. The summed E-state index contributed by atoms with van der Waals surface area (Å²) >= 11 is 0. The Bertz CT molecular complexity index is 1080. The predicted octanol–water partition coefficient (Wildman–Crippen LogP) is 3.43. The molecule has 0 unspecified atom stereocenters. The fourth-order valence-corrected chi connectivity index (χ4v) is 4.21. The van der Waals surface area contributed by atoms with E-state index in [0.29, 0.717) is 17.7 Å². The molecule has 142 valence electrons. The van der Waals surface area contributed by atoms with Gasteiger partial charge in [-0.3, -0.25) is 19.3 Å². The van der Waals surface area contributed by atoms with Crippen molar-refractivity contribution in [1.82, 2.24) is 9.80 Å². The Labute approximate surface area is 168 Å². The van der Waals surface area contributed by atoms with Crippen LogP contribution >= 0.6 is 0 Å². The normalized spacial score (nSPS) is 20.6. The van der Waals surface area contributed by atoms with Gasteiger partial charge in [0.15, 0.2) is 0 Å². The van der Waals surface area contributed by atoms with E-state index in [1.54, 1.807) is 29.2 Å². The van der Waals surface area contributed by atoms with Gasteiger partial charge in [-0.15, -0.1) is 0 Å². The third-order valence-corrected chi connectivity index (χ3v) is 5.61. The fraction of sp³-hybridized carbons (Fsp3) is 0.125. The van der Waals surface area contributed by atoms with Crippen LogP contribution in [-0.2, 0) is 11.3 Å². The van der Waals surface area contributed by atoms with Crippen molar-refractivity contribution >= 4 is 17.7 Å². The highest BCUT2D eigenvalue weighted by atomic mass is 16.2. The third kappa shape index (κ3) is 2.66. The number of hydrogen-bond donors (Lipinski definition) is 0. The van der Waals surface area contributed by atoms with Crippen LogP contribution < -0.4 is 0 Å². The highest BCUT2D eigenvalue weighted by molar-refractivity contribution is 6.23. The summed E-state index contributed by atoms with van der Waals surface area (Å²) in [6.45, 7) is 0.429. The molecule has 1 saturated heterocycles. The van der Waals surface area contributed by atoms with Crippen LogP contribution in [0.25, 0.3) is 0 Å². The molecule has 3 amide bonds. The number of imide groups is 1. The fourth-order valence-electron chi connectivity index (χ4n) is 4.21. The molecule has 1 fully saturated rings. The summed E-state index contributed by atoms with van der Waals surface area (Å²) in [5.41, 5.74) is 2.63. The van der Waals surface area contributed by atoms with Gasteiger partial charge >= 0.3 is 0 Å². The van der Waals surface area contributed by atoms with Crippen LogP contribution in [0.5, 0.6) is 0 Å². The molecule has 0 aliphatic carbocycles. The number of likely N-dealkylation sites (tertiary alicyclic amines) is 1. The average Bonchev–Trinajstić information content (AvgIpc) is 3.02. The summed E-state index contributed by atoms with van der Waals surface area (Å²) < 4.78 is 0. The van der Waals surface area contributed by atoms with Gasteiger partial charge in [-0.2, -0.15) is 0 Å². The lowest BCUT2D eigenvalue weighted by Gasteiger charge is -2.50. The second-order valence-electron chi connectivity index (χ2n) is 7.28. The Morgan fingerprint density at radius 1 is 0.621 bits per heavy atom. The first-order chi connectivity index (χ1) is 14.2. The van der Waals surface area contributed by atoms with Gasteiger partial charge in [0, 0.05) is 6.54 Å². The van der Waals surface area contributed by atoms with E-state index in [9.17, 15) is 14.4 Å². The summed E-state index contributed by atoms with van der Waals surface area (Å²) in [5, 5.41) is 0. The first-order valence-electron chi connectivity index (χ1n) is 9.53. The van der Waals surface area contributed by atoms with Gasteiger partial charge < -0.3 is 4.90 Å². The van der Waals surface area contributed by atoms with Gasteiger partial charge in [0.05, 0.1) is 17.2 Å². The van der Waals surface area contributed by atoms with Crippen LogP contribution in [-0.4, -0.2) is 33.6 Å². The van der Waals surface area contributed by atoms with Crippen LogP contribution in [0.4, 0.5) is 0 Å². The Kier molecular flexibility index (Phi) is 4.02. The quantitative estimate of drug-likeness (QED) is 0.513. The molecule has 3 aromatic carbocycles. The minimum Gasteiger partial charge on any atom is -0.327 e. The van der Waals surface area contributed by atoms with Crippen LogP contribution in [0.3, 0.4) is 0 Å². The topological polar surface area (TPSA) is 57.7 Å². The van der Waals surface area contributed by atoms with Crippen molar-refractivity contribution < 1.29 is 14.4 Å². The molecule has 2 aliphatic rings. The van der Waals surface area contributed by atoms with Crippen LogP contribution in [0, 0.1) is 0 Å². The SMILES string of the molecule is O=C1[C@H](N2C(=O)c3ccccc3C2=O)[C@@H](c2ccccc2)N1Cc1ccccc1. The number of nitrogens with zero attached hydrogens (tertiary/aromatic N) is 2. The highest BCUT2D eigenvalue weighted by Crippen LogP contribution is 2.42. The Balaban J connectivity index is 1.52. The minimum absolute atomic E-state index is 0.211. The molecule has 3 aromatic rings. The number of carbonyl (C=O) groups excluding carboxylic acids is 3. The Hall–Kier alpha value is -3.73. The molecule has 0 N–H and O–H groups in total. The molecule has 2 atom stereocenters. The number of carbonyl (C=O) groups is 3. The van der Waals surface area contributed by atoms with Crippen LogP contribution in [0.1, 0.15) is 37.9 Å². The molecule has 0 aromatic heterocycles. The zero-order valence-corrected chi connectivity index (χ0v) is 15.6. The number of benzene rings is 3. The van der Waals surface area contributed by atoms with Crippen molar-refractivity contribution in [3.63, 3.8) is 0 Å².